The number of hydrogen-bond acceptors (Lipinski definition) is 3. The zero-order chi connectivity index (χ0) is 13.9. The summed E-state index contributed by atoms with van der Waals surface area (Å²) in [6, 6.07) is 5.08. The van der Waals surface area contributed by atoms with Crippen molar-refractivity contribution in [2.45, 2.75) is 12.4 Å². The number of benzene rings is 1. The largest absolute Gasteiger partial charge is 0.326 e. The Morgan fingerprint density at radius 1 is 1.25 bits per heavy atom. The van der Waals surface area contributed by atoms with E-state index in [2.05, 4.69) is 9.88 Å². The first-order chi connectivity index (χ1) is 9.79. The Balaban J connectivity index is 1.84. The van der Waals surface area contributed by atoms with Crippen LogP contribution in [0.3, 0.4) is 0 Å². The van der Waals surface area contributed by atoms with Gasteiger partial charge in [-0.1, -0.05) is 6.07 Å². The quantitative estimate of drug-likeness (QED) is 0.810. The molecule has 3 rings (SSSR count). The first-order valence-electron chi connectivity index (χ1n) is 6.79. The third-order valence-electron chi connectivity index (χ3n) is 3.67. The zero-order valence-corrected chi connectivity index (χ0v) is 12.8. The van der Waals surface area contributed by atoms with Gasteiger partial charge >= 0.3 is 0 Å². The van der Waals surface area contributed by atoms with E-state index in [1.54, 1.807) is 6.07 Å². The van der Waals surface area contributed by atoms with Crippen molar-refractivity contribution in [3.8, 4) is 0 Å². The fourth-order valence-corrected chi connectivity index (χ4v) is 3.76. The number of hydrogen-bond donors (Lipinski definition) is 0. The van der Waals surface area contributed by atoms with Crippen LogP contribution in [-0.2, 0) is 12.4 Å². The number of imidazole rings is 1. The molecule has 6 heteroatoms. The molecule has 1 saturated heterocycles. The molecule has 1 aromatic carbocycles. The first kappa shape index (κ1) is 14.2. The minimum absolute atomic E-state index is 0.276. The molecular formula is C14H17ClFN3S. The summed E-state index contributed by atoms with van der Waals surface area (Å²) in [6.07, 6.45) is 0. The lowest BCUT2D eigenvalue weighted by atomic mass is 10.3. The Labute approximate surface area is 127 Å². The van der Waals surface area contributed by atoms with Gasteiger partial charge in [-0.15, -0.1) is 11.6 Å². The van der Waals surface area contributed by atoms with E-state index in [4.69, 9.17) is 11.6 Å². The van der Waals surface area contributed by atoms with Crippen LogP contribution in [0.15, 0.2) is 18.2 Å². The highest BCUT2D eigenvalue weighted by molar-refractivity contribution is 7.99. The Bertz CT molecular complexity index is 595. The van der Waals surface area contributed by atoms with E-state index in [1.165, 1.54) is 17.6 Å². The lowest BCUT2D eigenvalue weighted by Crippen LogP contribution is -2.35. The predicted molar refractivity (Wildman–Crippen MR) is 83.0 cm³/mol. The fraction of sp³-hybridized carbons (Fsp3) is 0.500. The highest BCUT2D eigenvalue weighted by Gasteiger charge is 2.15. The van der Waals surface area contributed by atoms with Crippen LogP contribution in [0, 0.1) is 5.82 Å². The van der Waals surface area contributed by atoms with Gasteiger partial charge in [-0.2, -0.15) is 11.8 Å². The monoisotopic (exact) mass is 313 g/mol. The summed E-state index contributed by atoms with van der Waals surface area (Å²) in [5.74, 6) is 3.17. The zero-order valence-electron chi connectivity index (χ0n) is 11.2. The Kier molecular flexibility index (Phi) is 4.48. The lowest BCUT2D eigenvalue weighted by molar-refractivity contribution is 0.290. The molecule has 0 radical (unpaired) electrons. The average molecular weight is 314 g/mol. The fourth-order valence-electron chi connectivity index (χ4n) is 2.58. The van der Waals surface area contributed by atoms with Crippen LogP contribution in [0.25, 0.3) is 11.0 Å². The molecule has 3 nitrogen and oxygen atoms in total. The third-order valence-corrected chi connectivity index (χ3v) is 4.85. The van der Waals surface area contributed by atoms with Gasteiger partial charge in [0, 0.05) is 37.7 Å². The van der Waals surface area contributed by atoms with Crippen LogP contribution in [-0.4, -0.2) is 45.6 Å². The number of para-hydroxylation sites is 1. The minimum Gasteiger partial charge on any atom is -0.326 e. The van der Waals surface area contributed by atoms with Crippen molar-refractivity contribution < 1.29 is 4.39 Å². The van der Waals surface area contributed by atoms with Gasteiger partial charge < -0.3 is 4.57 Å². The number of fused-ring (bicyclic) bond motifs is 1. The molecule has 0 N–H and O–H groups in total. The highest BCUT2D eigenvalue weighted by atomic mass is 35.5. The summed E-state index contributed by atoms with van der Waals surface area (Å²) in [5.41, 5.74) is 1.27. The van der Waals surface area contributed by atoms with Crippen LogP contribution in [0.1, 0.15) is 5.82 Å². The van der Waals surface area contributed by atoms with Gasteiger partial charge in [0.2, 0.25) is 0 Å². The van der Waals surface area contributed by atoms with Gasteiger partial charge in [0.15, 0.2) is 5.82 Å². The van der Waals surface area contributed by atoms with Gasteiger partial charge in [0.1, 0.15) is 11.3 Å². The third kappa shape index (κ3) is 2.80. The summed E-state index contributed by atoms with van der Waals surface area (Å²) in [6.45, 7) is 4.03. The molecule has 0 amide bonds. The van der Waals surface area contributed by atoms with Crippen LogP contribution in [0.2, 0.25) is 0 Å². The summed E-state index contributed by atoms with van der Waals surface area (Å²) >= 11 is 7.96. The number of rotatable bonds is 4. The molecule has 1 fully saturated rings. The van der Waals surface area contributed by atoms with Crippen LogP contribution in [0.5, 0.6) is 0 Å². The van der Waals surface area contributed by atoms with Crippen LogP contribution in [0.4, 0.5) is 4.39 Å². The second kappa shape index (κ2) is 6.33. The van der Waals surface area contributed by atoms with E-state index >= 15 is 0 Å². The molecule has 20 heavy (non-hydrogen) atoms. The van der Waals surface area contributed by atoms with E-state index in [-0.39, 0.29) is 5.82 Å². The molecular weight excluding hydrogens is 297 g/mol. The van der Waals surface area contributed by atoms with Crippen molar-refractivity contribution in [1.29, 1.82) is 0 Å². The second-order valence-corrected chi connectivity index (χ2v) is 6.37. The number of alkyl halides is 1. The average Bonchev–Trinajstić information content (AvgIpc) is 2.85. The predicted octanol–water partition coefficient (Wildman–Crippen LogP) is 2.96. The van der Waals surface area contributed by atoms with E-state index < -0.39 is 0 Å². The summed E-state index contributed by atoms with van der Waals surface area (Å²) < 4.78 is 15.8. The molecule has 108 valence electrons. The SMILES string of the molecule is Fc1cccc2c1nc(CCl)n2CCN1CCSCC1. The van der Waals surface area contributed by atoms with Crippen molar-refractivity contribution in [3.63, 3.8) is 0 Å². The number of nitrogens with zero attached hydrogens (tertiary/aromatic N) is 3. The molecule has 0 atom stereocenters. The van der Waals surface area contributed by atoms with Crippen molar-refractivity contribution in [1.82, 2.24) is 14.5 Å². The Hall–Kier alpha value is -0.780. The van der Waals surface area contributed by atoms with Crippen molar-refractivity contribution in [2.24, 2.45) is 0 Å². The van der Waals surface area contributed by atoms with Gasteiger partial charge in [-0.25, -0.2) is 9.37 Å². The van der Waals surface area contributed by atoms with Gasteiger partial charge in [-0.3, -0.25) is 4.90 Å². The molecule has 2 aromatic rings. The molecule has 1 aliphatic rings. The lowest BCUT2D eigenvalue weighted by Gasteiger charge is -2.26. The molecule has 0 spiro atoms. The van der Waals surface area contributed by atoms with Gasteiger partial charge in [-0.05, 0) is 12.1 Å². The van der Waals surface area contributed by atoms with Gasteiger partial charge in [0.05, 0.1) is 11.4 Å². The molecule has 1 aliphatic heterocycles. The van der Waals surface area contributed by atoms with Crippen LogP contribution < -0.4 is 0 Å². The molecule has 0 aliphatic carbocycles. The van der Waals surface area contributed by atoms with E-state index in [9.17, 15) is 4.39 Å². The molecule has 0 saturated carbocycles. The first-order valence-corrected chi connectivity index (χ1v) is 8.48. The number of thioether (sulfide) groups is 1. The summed E-state index contributed by atoms with van der Waals surface area (Å²) in [7, 11) is 0. The molecule has 0 unspecified atom stereocenters. The Morgan fingerprint density at radius 3 is 2.80 bits per heavy atom. The topological polar surface area (TPSA) is 21.1 Å². The molecule has 1 aromatic heterocycles. The Morgan fingerprint density at radius 2 is 2.05 bits per heavy atom. The van der Waals surface area contributed by atoms with E-state index in [0.29, 0.717) is 11.4 Å². The van der Waals surface area contributed by atoms with Crippen LogP contribution >= 0.6 is 23.4 Å². The number of aromatic nitrogens is 2. The summed E-state index contributed by atoms with van der Waals surface area (Å²) in [4.78, 5) is 6.77. The highest BCUT2D eigenvalue weighted by Crippen LogP contribution is 2.20. The second-order valence-electron chi connectivity index (χ2n) is 4.87. The van der Waals surface area contributed by atoms with Crippen molar-refractivity contribution in [3.05, 3.63) is 29.8 Å². The van der Waals surface area contributed by atoms with E-state index in [0.717, 1.165) is 37.5 Å². The van der Waals surface area contributed by atoms with E-state index in [1.807, 2.05) is 22.4 Å². The maximum Gasteiger partial charge on any atom is 0.151 e. The number of halogens is 2. The van der Waals surface area contributed by atoms with Gasteiger partial charge in [0.25, 0.3) is 0 Å². The maximum absolute atomic E-state index is 13.8. The minimum atomic E-state index is -0.276. The summed E-state index contributed by atoms with van der Waals surface area (Å²) in [5, 5.41) is 0. The van der Waals surface area contributed by atoms with Crippen molar-refractivity contribution in [2.75, 3.05) is 31.1 Å². The standard InChI is InChI=1S/C14H17ClFN3S/c15-10-13-17-14-11(16)2-1-3-12(14)19(13)5-4-18-6-8-20-9-7-18/h1-3H,4-10H2. The maximum atomic E-state index is 13.8. The normalized spacial score (nSPS) is 16.9. The molecule has 0 bridgehead atoms. The van der Waals surface area contributed by atoms with Crippen molar-refractivity contribution >= 4 is 34.4 Å². The smallest absolute Gasteiger partial charge is 0.151 e. The molecule has 2 heterocycles.